The Morgan fingerprint density at radius 3 is 2.75 bits per heavy atom. The molecule has 0 unspecified atom stereocenters. The van der Waals surface area contributed by atoms with Crippen LogP contribution in [0.1, 0.15) is 23.9 Å². The fourth-order valence-corrected chi connectivity index (χ4v) is 2.09. The van der Waals surface area contributed by atoms with Crippen LogP contribution < -0.4 is 0 Å². The minimum Gasteiger partial charge on any atom is -0.356 e. The van der Waals surface area contributed by atoms with E-state index in [0.717, 1.165) is 34.8 Å². The molecule has 2 rings (SSSR count). The highest BCUT2D eigenvalue weighted by molar-refractivity contribution is 6.17. The third kappa shape index (κ3) is 1.63. The summed E-state index contributed by atoms with van der Waals surface area (Å²) in [7, 11) is 0. The van der Waals surface area contributed by atoms with Crippen LogP contribution in [0.25, 0.3) is 11.3 Å². The van der Waals surface area contributed by atoms with E-state index >= 15 is 0 Å². The van der Waals surface area contributed by atoms with Gasteiger partial charge in [0, 0.05) is 17.8 Å². The first kappa shape index (κ1) is 11.2. The Balaban J connectivity index is 2.60. The van der Waals surface area contributed by atoms with E-state index < -0.39 is 0 Å². The highest BCUT2D eigenvalue weighted by atomic mass is 35.5. The number of nitrogens with zero attached hydrogens (tertiary/aromatic N) is 3. The highest BCUT2D eigenvalue weighted by Crippen LogP contribution is 2.30. The molecule has 0 N–H and O–H groups in total. The minimum absolute atomic E-state index is 0.398. The average Bonchev–Trinajstić information content (AvgIpc) is 2.83. The maximum absolute atomic E-state index is 5.84. The summed E-state index contributed by atoms with van der Waals surface area (Å²) in [5, 5.41) is 8.24. The zero-order valence-electron chi connectivity index (χ0n) is 9.62. The predicted molar refractivity (Wildman–Crippen MR) is 62.4 cm³/mol. The van der Waals surface area contributed by atoms with Gasteiger partial charge in [0.1, 0.15) is 0 Å². The Morgan fingerprint density at radius 2 is 2.19 bits per heavy atom. The van der Waals surface area contributed by atoms with Crippen molar-refractivity contribution in [3.05, 3.63) is 23.1 Å². The van der Waals surface area contributed by atoms with Crippen molar-refractivity contribution in [2.24, 2.45) is 0 Å². The van der Waals surface area contributed by atoms with Gasteiger partial charge in [0.15, 0.2) is 5.76 Å². The lowest BCUT2D eigenvalue weighted by molar-refractivity contribution is 0.431. The fourth-order valence-electron chi connectivity index (χ4n) is 1.89. The van der Waals surface area contributed by atoms with E-state index in [9.17, 15) is 0 Å². The Labute approximate surface area is 99.2 Å². The van der Waals surface area contributed by atoms with Gasteiger partial charge in [-0.3, -0.25) is 4.68 Å². The third-order valence-corrected chi connectivity index (χ3v) is 2.98. The summed E-state index contributed by atoms with van der Waals surface area (Å²) in [5.74, 6) is 1.14. The summed E-state index contributed by atoms with van der Waals surface area (Å²) >= 11 is 5.84. The van der Waals surface area contributed by atoms with Crippen molar-refractivity contribution < 1.29 is 4.52 Å². The van der Waals surface area contributed by atoms with Crippen LogP contribution in [-0.2, 0) is 12.4 Å². The van der Waals surface area contributed by atoms with Crippen molar-refractivity contribution in [3.63, 3.8) is 0 Å². The Morgan fingerprint density at radius 1 is 1.44 bits per heavy atom. The molecule has 2 heterocycles. The van der Waals surface area contributed by atoms with Crippen molar-refractivity contribution in [1.82, 2.24) is 14.9 Å². The molecular weight excluding hydrogens is 226 g/mol. The zero-order chi connectivity index (χ0) is 11.7. The second-order valence-corrected chi connectivity index (χ2v) is 3.94. The number of halogens is 1. The van der Waals surface area contributed by atoms with Crippen molar-refractivity contribution in [3.8, 4) is 11.3 Å². The van der Waals surface area contributed by atoms with Gasteiger partial charge in [-0.25, -0.2) is 0 Å². The van der Waals surface area contributed by atoms with Crippen LogP contribution in [0.5, 0.6) is 0 Å². The lowest BCUT2D eigenvalue weighted by Gasteiger charge is -2.00. The zero-order valence-corrected chi connectivity index (χ0v) is 10.4. The van der Waals surface area contributed by atoms with Crippen LogP contribution in [0.4, 0.5) is 0 Å². The van der Waals surface area contributed by atoms with Gasteiger partial charge >= 0.3 is 0 Å². The van der Waals surface area contributed by atoms with Crippen LogP contribution >= 0.6 is 11.6 Å². The van der Waals surface area contributed by atoms with Gasteiger partial charge in [0.25, 0.3) is 0 Å². The second-order valence-electron chi connectivity index (χ2n) is 3.68. The first-order valence-corrected chi connectivity index (χ1v) is 5.76. The Kier molecular flexibility index (Phi) is 3.01. The number of hydrogen-bond acceptors (Lipinski definition) is 3. The van der Waals surface area contributed by atoms with Crippen molar-refractivity contribution in [2.75, 3.05) is 0 Å². The monoisotopic (exact) mass is 239 g/mol. The molecule has 0 aromatic carbocycles. The molecule has 0 aliphatic carbocycles. The highest BCUT2D eigenvalue weighted by Gasteiger charge is 2.19. The van der Waals surface area contributed by atoms with E-state index in [1.165, 1.54) is 0 Å². The van der Waals surface area contributed by atoms with Gasteiger partial charge in [-0.05, 0) is 20.8 Å². The number of hydrogen-bond donors (Lipinski definition) is 0. The number of rotatable bonds is 3. The molecule has 0 aliphatic heterocycles. The molecule has 0 radical (unpaired) electrons. The molecule has 0 atom stereocenters. The number of aryl methyl sites for hydroxylation is 2. The Hall–Kier alpha value is -1.29. The fraction of sp³-hybridized carbons (Fsp3) is 0.455. The summed E-state index contributed by atoms with van der Waals surface area (Å²) in [6.07, 6.45) is 1.66. The maximum Gasteiger partial charge on any atom is 0.174 e. The van der Waals surface area contributed by atoms with Gasteiger partial charge in [-0.1, -0.05) is 5.16 Å². The molecule has 0 spiro atoms. The van der Waals surface area contributed by atoms with E-state index in [4.69, 9.17) is 16.1 Å². The van der Waals surface area contributed by atoms with Crippen LogP contribution in [0.3, 0.4) is 0 Å². The lowest BCUT2D eigenvalue weighted by Crippen LogP contribution is -1.98. The van der Waals surface area contributed by atoms with Gasteiger partial charge in [0.05, 0.1) is 23.3 Å². The molecule has 86 valence electrons. The van der Waals surface area contributed by atoms with Crippen molar-refractivity contribution in [2.45, 2.75) is 33.2 Å². The Bertz CT molecular complexity index is 501. The number of aromatic nitrogens is 3. The van der Waals surface area contributed by atoms with Gasteiger partial charge in [-0.2, -0.15) is 5.10 Å². The molecule has 0 saturated carbocycles. The van der Waals surface area contributed by atoms with Gasteiger partial charge in [0.2, 0.25) is 0 Å². The summed E-state index contributed by atoms with van der Waals surface area (Å²) < 4.78 is 7.22. The van der Waals surface area contributed by atoms with E-state index in [1.807, 2.05) is 18.5 Å². The summed E-state index contributed by atoms with van der Waals surface area (Å²) in [4.78, 5) is 0. The molecule has 5 heteroatoms. The molecule has 0 fully saturated rings. The quantitative estimate of drug-likeness (QED) is 0.774. The van der Waals surface area contributed by atoms with Gasteiger partial charge < -0.3 is 4.52 Å². The SMILES string of the molecule is CCn1nc(C)c(-c2oncc2CCl)c1C. The van der Waals surface area contributed by atoms with Crippen LogP contribution in [0, 0.1) is 13.8 Å². The predicted octanol–water partition coefficient (Wildman–Crippen LogP) is 2.91. The molecule has 0 saturated heterocycles. The van der Waals surface area contributed by atoms with Crippen LogP contribution in [0.2, 0.25) is 0 Å². The molecule has 16 heavy (non-hydrogen) atoms. The molecule has 2 aromatic heterocycles. The average molecular weight is 240 g/mol. The van der Waals surface area contributed by atoms with Crippen LogP contribution in [0.15, 0.2) is 10.7 Å². The smallest absolute Gasteiger partial charge is 0.174 e. The van der Waals surface area contributed by atoms with E-state index in [2.05, 4.69) is 17.2 Å². The second kappa shape index (κ2) is 4.29. The minimum atomic E-state index is 0.398. The molecular formula is C11H14ClN3O. The normalized spacial score (nSPS) is 11.0. The van der Waals surface area contributed by atoms with Crippen LogP contribution in [-0.4, -0.2) is 14.9 Å². The first-order valence-electron chi connectivity index (χ1n) is 5.22. The maximum atomic E-state index is 5.84. The molecule has 2 aromatic rings. The van der Waals surface area contributed by atoms with Crippen molar-refractivity contribution in [1.29, 1.82) is 0 Å². The molecule has 0 aliphatic rings. The number of alkyl halides is 1. The molecule has 4 nitrogen and oxygen atoms in total. The van der Waals surface area contributed by atoms with E-state index in [1.54, 1.807) is 6.20 Å². The van der Waals surface area contributed by atoms with Gasteiger partial charge in [-0.15, -0.1) is 11.6 Å². The third-order valence-electron chi connectivity index (χ3n) is 2.70. The topological polar surface area (TPSA) is 43.9 Å². The summed E-state index contributed by atoms with van der Waals surface area (Å²) in [6, 6.07) is 0. The molecule has 0 amide bonds. The van der Waals surface area contributed by atoms with E-state index in [-0.39, 0.29) is 0 Å². The first-order chi connectivity index (χ1) is 7.69. The summed E-state index contributed by atoms with van der Waals surface area (Å²) in [6.45, 7) is 6.90. The standard InChI is InChI=1S/C11H14ClN3O/c1-4-15-8(3)10(7(2)14-15)11-9(5-12)6-13-16-11/h6H,4-5H2,1-3H3. The lowest BCUT2D eigenvalue weighted by atomic mass is 10.1. The molecule has 0 bridgehead atoms. The summed E-state index contributed by atoms with van der Waals surface area (Å²) in [5.41, 5.74) is 3.95. The van der Waals surface area contributed by atoms with Crippen molar-refractivity contribution >= 4 is 11.6 Å². The van der Waals surface area contributed by atoms with E-state index in [0.29, 0.717) is 5.88 Å². The largest absolute Gasteiger partial charge is 0.356 e.